The number of carbonyl (C=O) groups excluding carboxylic acids is 1. The second-order valence-electron chi connectivity index (χ2n) is 3.11. The number of nitrogens with one attached hydrogen (secondary N) is 1. The van der Waals surface area contributed by atoms with Gasteiger partial charge in [0, 0.05) is 5.02 Å². The van der Waals surface area contributed by atoms with Crippen LogP contribution in [0.4, 0.5) is 5.69 Å². The Kier molecular flexibility index (Phi) is 5.25. The molecule has 0 aromatic heterocycles. The molecule has 1 aromatic carbocycles. The van der Waals surface area contributed by atoms with Crippen molar-refractivity contribution in [3.05, 3.63) is 27.2 Å². The van der Waals surface area contributed by atoms with E-state index in [1.54, 1.807) is 6.92 Å². The summed E-state index contributed by atoms with van der Waals surface area (Å²) in [6.07, 6.45) is 1.86. The summed E-state index contributed by atoms with van der Waals surface area (Å²) in [5.41, 5.74) is 0.402. The summed E-state index contributed by atoms with van der Waals surface area (Å²) in [5.74, 6) is -0.140. The normalized spacial score (nSPS) is 12.3. The van der Waals surface area contributed by atoms with Crippen molar-refractivity contribution in [2.45, 2.75) is 12.2 Å². The Morgan fingerprint density at radius 2 is 1.81 bits per heavy atom. The molecule has 0 saturated heterocycles. The molecule has 0 unspecified atom stereocenters. The van der Waals surface area contributed by atoms with Crippen molar-refractivity contribution in [1.82, 2.24) is 0 Å². The molecular formula is C10H10Cl3NOS. The number of hydrogen-bond acceptors (Lipinski definition) is 2. The first-order valence-electron chi connectivity index (χ1n) is 4.44. The Labute approximate surface area is 114 Å². The maximum Gasteiger partial charge on any atom is 0.237 e. The standard InChI is InChI=1S/C10H10Cl3NOS/c1-5(16-2)10(15)14-9-7(12)3-6(11)4-8(9)13/h3-5H,1-2H3,(H,14,15)/t5-/m1/s1. The molecule has 0 radical (unpaired) electrons. The van der Waals surface area contributed by atoms with Crippen molar-refractivity contribution >= 4 is 58.2 Å². The highest BCUT2D eigenvalue weighted by molar-refractivity contribution is 7.99. The third-order valence-electron chi connectivity index (χ3n) is 1.98. The Balaban J connectivity index is 2.93. The van der Waals surface area contributed by atoms with Crippen LogP contribution < -0.4 is 5.32 Å². The van der Waals surface area contributed by atoms with Gasteiger partial charge in [0.15, 0.2) is 0 Å². The van der Waals surface area contributed by atoms with Gasteiger partial charge >= 0.3 is 0 Å². The maximum absolute atomic E-state index is 11.7. The summed E-state index contributed by atoms with van der Waals surface area (Å²) >= 11 is 19.1. The summed E-state index contributed by atoms with van der Waals surface area (Å²) in [7, 11) is 0. The highest BCUT2D eigenvalue weighted by Crippen LogP contribution is 2.33. The molecule has 0 saturated carbocycles. The molecule has 16 heavy (non-hydrogen) atoms. The van der Waals surface area contributed by atoms with Crippen LogP contribution in [0.1, 0.15) is 6.92 Å². The lowest BCUT2D eigenvalue weighted by Crippen LogP contribution is -2.22. The van der Waals surface area contributed by atoms with Crippen LogP contribution >= 0.6 is 46.6 Å². The second kappa shape index (κ2) is 6.01. The highest BCUT2D eigenvalue weighted by Gasteiger charge is 2.15. The lowest BCUT2D eigenvalue weighted by atomic mass is 10.3. The SMILES string of the molecule is CS[C@H](C)C(=O)Nc1c(Cl)cc(Cl)cc1Cl. The largest absolute Gasteiger partial charge is 0.323 e. The van der Waals surface area contributed by atoms with E-state index >= 15 is 0 Å². The second-order valence-corrected chi connectivity index (χ2v) is 5.54. The van der Waals surface area contributed by atoms with Crippen LogP contribution in [0.25, 0.3) is 0 Å². The van der Waals surface area contributed by atoms with Crippen LogP contribution in [0, 0.1) is 0 Å². The number of carbonyl (C=O) groups is 1. The topological polar surface area (TPSA) is 29.1 Å². The number of rotatable bonds is 3. The number of anilines is 1. The molecule has 0 bridgehead atoms. The first-order valence-corrected chi connectivity index (χ1v) is 6.86. The molecule has 0 aliphatic heterocycles. The zero-order chi connectivity index (χ0) is 12.3. The van der Waals surface area contributed by atoms with Gasteiger partial charge in [0.2, 0.25) is 5.91 Å². The van der Waals surface area contributed by atoms with Gasteiger partial charge in [-0.2, -0.15) is 11.8 Å². The molecule has 0 aliphatic carbocycles. The lowest BCUT2D eigenvalue weighted by molar-refractivity contribution is -0.115. The van der Waals surface area contributed by atoms with Crippen LogP contribution in [0.15, 0.2) is 12.1 Å². The number of halogens is 3. The molecule has 1 rings (SSSR count). The molecule has 0 fully saturated rings. The maximum atomic E-state index is 11.7. The van der Waals surface area contributed by atoms with Crippen LogP contribution in [-0.2, 0) is 4.79 Å². The fourth-order valence-electron chi connectivity index (χ4n) is 0.993. The molecule has 1 amide bonds. The molecule has 1 N–H and O–H groups in total. The average Bonchev–Trinajstić information content (AvgIpc) is 2.21. The Hall–Kier alpha value is -0.0900. The van der Waals surface area contributed by atoms with Crippen molar-refractivity contribution in [3.63, 3.8) is 0 Å². The fraction of sp³-hybridized carbons (Fsp3) is 0.300. The molecule has 1 atom stereocenters. The van der Waals surface area contributed by atoms with Gasteiger partial charge in [-0.05, 0) is 25.3 Å². The smallest absolute Gasteiger partial charge is 0.237 e. The van der Waals surface area contributed by atoms with E-state index in [9.17, 15) is 4.79 Å². The van der Waals surface area contributed by atoms with E-state index < -0.39 is 0 Å². The van der Waals surface area contributed by atoms with E-state index in [4.69, 9.17) is 34.8 Å². The first-order chi connectivity index (χ1) is 7.45. The lowest BCUT2D eigenvalue weighted by Gasteiger charge is -2.12. The summed E-state index contributed by atoms with van der Waals surface area (Å²) in [4.78, 5) is 11.7. The van der Waals surface area contributed by atoms with E-state index in [-0.39, 0.29) is 11.2 Å². The predicted molar refractivity (Wildman–Crippen MR) is 73.1 cm³/mol. The van der Waals surface area contributed by atoms with Crippen molar-refractivity contribution in [2.75, 3.05) is 11.6 Å². The molecule has 0 heterocycles. The molecule has 1 aromatic rings. The van der Waals surface area contributed by atoms with E-state index in [1.807, 2.05) is 6.26 Å². The zero-order valence-electron chi connectivity index (χ0n) is 8.68. The van der Waals surface area contributed by atoms with Gasteiger partial charge in [0.05, 0.1) is 21.0 Å². The fourth-order valence-corrected chi connectivity index (χ4v) is 2.18. The van der Waals surface area contributed by atoms with E-state index in [0.717, 1.165) is 0 Å². The number of benzene rings is 1. The zero-order valence-corrected chi connectivity index (χ0v) is 11.8. The van der Waals surface area contributed by atoms with E-state index in [0.29, 0.717) is 20.8 Å². The molecular weight excluding hydrogens is 289 g/mol. The predicted octanol–water partition coefficient (Wildman–Crippen LogP) is 4.34. The summed E-state index contributed by atoms with van der Waals surface area (Å²) < 4.78 is 0. The Morgan fingerprint density at radius 3 is 2.25 bits per heavy atom. The number of thioether (sulfide) groups is 1. The van der Waals surface area contributed by atoms with Crippen LogP contribution in [0.5, 0.6) is 0 Å². The number of amides is 1. The van der Waals surface area contributed by atoms with Crippen LogP contribution in [0.2, 0.25) is 15.1 Å². The Bertz CT molecular complexity index is 388. The Morgan fingerprint density at radius 1 is 1.31 bits per heavy atom. The van der Waals surface area contributed by atoms with Crippen LogP contribution in [-0.4, -0.2) is 17.4 Å². The average molecular weight is 299 g/mol. The van der Waals surface area contributed by atoms with Gasteiger partial charge in [0.1, 0.15) is 0 Å². The van der Waals surface area contributed by atoms with Gasteiger partial charge < -0.3 is 5.32 Å². The van der Waals surface area contributed by atoms with Crippen molar-refractivity contribution in [2.24, 2.45) is 0 Å². The molecule has 6 heteroatoms. The van der Waals surface area contributed by atoms with Crippen molar-refractivity contribution in [1.29, 1.82) is 0 Å². The van der Waals surface area contributed by atoms with Crippen molar-refractivity contribution in [3.8, 4) is 0 Å². The minimum absolute atomic E-state index is 0.140. The van der Waals surface area contributed by atoms with Crippen molar-refractivity contribution < 1.29 is 4.79 Å². The third-order valence-corrected chi connectivity index (χ3v) is 3.71. The summed E-state index contributed by atoms with van der Waals surface area (Å²) in [5, 5.41) is 3.61. The number of hydrogen-bond donors (Lipinski definition) is 1. The van der Waals surface area contributed by atoms with Gasteiger partial charge in [-0.1, -0.05) is 34.8 Å². The highest BCUT2D eigenvalue weighted by atomic mass is 35.5. The van der Waals surface area contributed by atoms with E-state index in [2.05, 4.69) is 5.32 Å². The minimum Gasteiger partial charge on any atom is -0.323 e. The van der Waals surface area contributed by atoms with Gasteiger partial charge in [-0.3, -0.25) is 4.79 Å². The quantitative estimate of drug-likeness (QED) is 0.899. The minimum atomic E-state index is -0.164. The summed E-state index contributed by atoms with van der Waals surface area (Å²) in [6.45, 7) is 1.80. The monoisotopic (exact) mass is 297 g/mol. The van der Waals surface area contributed by atoms with Crippen LogP contribution in [0.3, 0.4) is 0 Å². The third kappa shape index (κ3) is 3.45. The molecule has 2 nitrogen and oxygen atoms in total. The van der Waals surface area contributed by atoms with Gasteiger partial charge in [-0.15, -0.1) is 0 Å². The molecule has 0 spiro atoms. The van der Waals surface area contributed by atoms with E-state index in [1.165, 1.54) is 23.9 Å². The van der Waals surface area contributed by atoms with Gasteiger partial charge in [0.25, 0.3) is 0 Å². The molecule has 88 valence electrons. The summed E-state index contributed by atoms with van der Waals surface area (Å²) in [6, 6.07) is 3.07. The van der Waals surface area contributed by atoms with Gasteiger partial charge in [-0.25, -0.2) is 0 Å². The first kappa shape index (κ1) is 14.0. The molecule has 0 aliphatic rings.